The van der Waals surface area contributed by atoms with Crippen molar-refractivity contribution < 1.29 is 9.59 Å². The quantitative estimate of drug-likeness (QED) is 0.718. The maximum atomic E-state index is 12.2. The van der Waals surface area contributed by atoms with E-state index in [4.69, 9.17) is 0 Å². The van der Waals surface area contributed by atoms with Crippen LogP contribution in [0.2, 0.25) is 0 Å². The third-order valence-corrected chi connectivity index (χ3v) is 4.99. The van der Waals surface area contributed by atoms with Gasteiger partial charge in [0.1, 0.15) is 0 Å². The number of nitrogens with one attached hydrogen (secondary N) is 2. The van der Waals surface area contributed by atoms with Crippen LogP contribution in [0.3, 0.4) is 0 Å². The molecule has 0 aromatic carbocycles. The van der Waals surface area contributed by atoms with E-state index in [-0.39, 0.29) is 24.2 Å². The second-order valence-corrected chi connectivity index (χ2v) is 6.87. The first-order chi connectivity index (χ1) is 12.2. The summed E-state index contributed by atoms with van der Waals surface area (Å²) in [5.74, 6) is 0.0520. The second-order valence-electron chi connectivity index (χ2n) is 6.87. The molecule has 2 saturated heterocycles. The van der Waals surface area contributed by atoms with Gasteiger partial charge in [0, 0.05) is 26.1 Å². The lowest BCUT2D eigenvalue weighted by molar-refractivity contribution is -0.130. The minimum Gasteiger partial charge on any atom is -0.351 e. The summed E-state index contributed by atoms with van der Waals surface area (Å²) in [4.78, 5) is 26.0. The highest BCUT2D eigenvalue weighted by atomic mass is 35.5. The summed E-state index contributed by atoms with van der Waals surface area (Å²) in [7, 11) is 0. The van der Waals surface area contributed by atoms with Gasteiger partial charge in [0.25, 0.3) is 5.91 Å². The number of piperidine rings is 1. The van der Waals surface area contributed by atoms with Crippen LogP contribution in [0.4, 0.5) is 0 Å². The predicted molar refractivity (Wildman–Crippen MR) is 100 cm³/mol. The fourth-order valence-electron chi connectivity index (χ4n) is 3.47. The lowest BCUT2D eigenvalue weighted by atomic mass is 10.1. The zero-order valence-electron chi connectivity index (χ0n) is 15.2. The highest BCUT2D eigenvalue weighted by molar-refractivity contribution is 5.91. The molecule has 2 amide bonds. The molecule has 2 aliphatic rings. The second kappa shape index (κ2) is 10.5. The Morgan fingerprint density at radius 2 is 2.08 bits per heavy atom. The Kier molecular flexibility index (Phi) is 8.31. The third kappa shape index (κ3) is 5.67. The van der Waals surface area contributed by atoms with Gasteiger partial charge >= 0.3 is 0 Å². The van der Waals surface area contributed by atoms with Crippen LogP contribution >= 0.6 is 12.4 Å². The number of amides is 2. The summed E-state index contributed by atoms with van der Waals surface area (Å²) in [6.45, 7) is 4.05. The van der Waals surface area contributed by atoms with Crippen molar-refractivity contribution >= 4 is 24.2 Å². The van der Waals surface area contributed by atoms with E-state index in [0.29, 0.717) is 31.2 Å². The van der Waals surface area contributed by atoms with Crippen molar-refractivity contribution in [1.29, 1.82) is 0 Å². The van der Waals surface area contributed by atoms with Crippen LogP contribution in [0.1, 0.15) is 61.5 Å². The zero-order chi connectivity index (χ0) is 17.5. The fourth-order valence-corrected chi connectivity index (χ4v) is 3.47. The topological polar surface area (TPSA) is 92.2 Å². The smallest absolute Gasteiger partial charge is 0.273 e. The van der Waals surface area contributed by atoms with Crippen LogP contribution in [0, 0.1) is 0 Å². The molecule has 2 aliphatic heterocycles. The van der Waals surface area contributed by atoms with E-state index in [1.807, 2.05) is 9.58 Å². The molecule has 3 rings (SSSR count). The van der Waals surface area contributed by atoms with Crippen LogP contribution in [0.25, 0.3) is 0 Å². The van der Waals surface area contributed by atoms with Crippen molar-refractivity contribution in [2.24, 2.45) is 0 Å². The largest absolute Gasteiger partial charge is 0.351 e. The van der Waals surface area contributed by atoms with Crippen LogP contribution in [0.5, 0.6) is 0 Å². The third-order valence-electron chi connectivity index (χ3n) is 4.99. The molecular formula is C17H29ClN6O2. The Hall–Kier alpha value is -1.67. The first-order valence-electron chi connectivity index (χ1n) is 9.42. The van der Waals surface area contributed by atoms with Gasteiger partial charge in [-0.1, -0.05) is 11.6 Å². The number of rotatable bonds is 6. The maximum Gasteiger partial charge on any atom is 0.273 e. The Balaban J connectivity index is 0.00000243. The number of carbonyl (C=O) groups excluding carboxylic acids is 2. The van der Waals surface area contributed by atoms with Crippen molar-refractivity contribution in [3.8, 4) is 0 Å². The fraction of sp³-hybridized carbons (Fsp3) is 0.765. The van der Waals surface area contributed by atoms with Gasteiger partial charge in [-0.05, 0) is 45.2 Å². The van der Waals surface area contributed by atoms with Crippen molar-refractivity contribution in [3.05, 3.63) is 11.9 Å². The van der Waals surface area contributed by atoms with Crippen molar-refractivity contribution in [2.45, 2.75) is 51.0 Å². The SMILES string of the molecule is Cl.O=C(NCCCN1CCCCCC1=O)c1cn(C2CCNCC2)nn1. The highest BCUT2D eigenvalue weighted by Gasteiger charge is 2.19. The molecule has 9 heteroatoms. The van der Waals surface area contributed by atoms with E-state index in [1.54, 1.807) is 6.20 Å². The van der Waals surface area contributed by atoms with Gasteiger partial charge in [0.05, 0.1) is 12.2 Å². The van der Waals surface area contributed by atoms with Crippen LogP contribution < -0.4 is 10.6 Å². The summed E-state index contributed by atoms with van der Waals surface area (Å²) >= 11 is 0. The average molecular weight is 385 g/mol. The number of hydrogen-bond acceptors (Lipinski definition) is 5. The van der Waals surface area contributed by atoms with Crippen molar-refractivity contribution in [2.75, 3.05) is 32.7 Å². The molecule has 0 radical (unpaired) electrons. The molecule has 8 nitrogen and oxygen atoms in total. The first kappa shape index (κ1) is 20.6. The molecule has 0 aliphatic carbocycles. The predicted octanol–water partition coefficient (Wildman–Crippen LogP) is 1.15. The summed E-state index contributed by atoms with van der Waals surface area (Å²) < 4.78 is 1.81. The lowest BCUT2D eigenvalue weighted by Crippen LogP contribution is -2.34. The van der Waals surface area contributed by atoms with Gasteiger partial charge in [-0.25, -0.2) is 4.68 Å². The van der Waals surface area contributed by atoms with Gasteiger partial charge in [-0.3, -0.25) is 9.59 Å². The van der Waals surface area contributed by atoms with Crippen LogP contribution in [0.15, 0.2) is 6.20 Å². The molecule has 1 aromatic rings. The van der Waals surface area contributed by atoms with Gasteiger partial charge in [0.15, 0.2) is 5.69 Å². The molecule has 3 heterocycles. The van der Waals surface area contributed by atoms with E-state index in [9.17, 15) is 9.59 Å². The van der Waals surface area contributed by atoms with E-state index in [0.717, 1.165) is 58.2 Å². The number of carbonyl (C=O) groups is 2. The normalized spacial score (nSPS) is 18.9. The number of hydrogen-bond donors (Lipinski definition) is 2. The Labute approximate surface area is 160 Å². The number of aromatic nitrogens is 3. The molecule has 146 valence electrons. The van der Waals surface area contributed by atoms with Crippen LogP contribution in [-0.4, -0.2) is 64.4 Å². The number of halogens is 1. The molecule has 2 N–H and O–H groups in total. The average Bonchev–Trinajstić information content (AvgIpc) is 3.05. The summed E-state index contributed by atoms with van der Waals surface area (Å²) in [5, 5.41) is 14.3. The summed E-state index contributed by atoms with van der Waals surface area (Å²) in [5.41, 5.74) is 0.365. The van der Waals surface area contributed by atoms with Crippen molar-refractivity contribution in [1.82, 2.24) is 30.5 Å². The minimum atomic E-state index is -0.192. The molecule has 26 heavy (non-hydrogen) atoms. The van der Waals surface area contributed by atoms with Crippen molar-refractivity contribution in [3.63, 3.8) is 0 Å². The van der Waals surface area contributed by atoms with Gasteiger partial charge in [-0.2, -0.15) is 0 Å². The minimum absolute atomic E-state index is 0. The molecule has 1 aromatic heterocycles. The zero-order valence-corrected chi connectivity index (χ0v) is 16.0. The molecule has 2 fully saturated rings. The molecule has 0 spiro atoms. The lowest BCUT2D eigenvalue weighted by Gasteiger charge is -2.22. The van der Waals surface area contributed by atoms with E-state index in [1.165, 1.54) is 0 Å². The summed E-state index contributed by atoms with van der Waals surface area (Å²) in [6.07, 6.45) is 8.39. The molecule has 0 unspecified atom stereocenters. The van der Waals surface area contributed by atoms with E-state index < -0.39 is 0 Å². The molecule has 0 atom stereocenters. The van der Waals surface area contributed by atoms with E-state index >= 15 is 0 Å². The highest BCUT2D eigenvalue weighted by Crippen LogP contribution is 2.17. The molecule has 0 bridgehead atoms. The van der Waals surface area contributed by atoms with E-state index in [2.05, 4.69) is 20.9 Å². The Morgan fingerprint density at radius 1 is 1.27 bits per heavy atom. The van der Waals surface area contributed by atoms with Crippen LogP contribution in [-0.2, 0) is 4.79 Å². The Morgan fingerprint density at radius 3 is 2.88 bits per heavy atom. The molecule has 0 saturated carbocycles. The standard InChI is InChI=1S/C17H28N6O2.ClH/c24-16-5-2-1-3-11-22(16)12-4-8-19-17(25)15-13-23(21-20-15)14-6-9-18-10-7-14;/h13-14,18H,1-12H2,(H,19,25);1H. The Bertz CT molecular complexity index is 588. The van der Waals surface area contributed by atoms with Gasteiger partial charge in [0.2, 0.25) is 5.91 Å². The first-order valence-corrected chi connectivity index (χ1v) is 9.42. The summed E-state index contributed by atoms with van der Waals surface area (Å²) in [6, 6.07) is 0.323. The number of nitrogens with zero attached hydrogens (tertiary/aromatic N) is 4. The van der Waals surface area contributed by atoms with Gasteiger partial charge in [-0.15, -0.1) is 17.5 Å². The monoisotopic (exact) mass is 384 g/mol. The maximum absolute atomic E-state index is 12.2. The van der Waals surface area contributed by atoms with Gasteiger partial charge < -0.3 is 15.5 Å². The number of likely N-dealkylation sites (tertiary alicyclic amines) is 1. The molecular weight excluding hydrogens is 356 g/mol.